The number of phenolic OH excluding ortho intramolecular Hbond substituents is 1. The second kappa shape index (κ2) is 4.73. The molecule has 6 nitrogen and oxygen atoms in total. The van der Waals surface area contributed by atoms with Gasteiger partial charge in [-0.3, -0.25) is 14.9 Å². The Bertz CT molecular complexity index is 1100. The van der Waals surface area contributed by atoms with Gasteiger partial charge in [0.15, 0.2) is 11.5 Å². The minimum absolute atomic E-state index is 0.0418. The van der Waals surface area contributed by atoms with Gasteiger partial charge in [0.05, 0.1) is 11.1 Å². The van der Waals surface area contributed by atoms with Crippen LogP contribution < -0.4 is 14.8 Å². The van der Waals surface area contributed by atoms with Gasteiger partial charge in [-0.05, 0) is 35.2 Å². The monoisotopic (exact) mass is 333 g/mol. The maximum atomic E-state index is 12.4. The van der Waals surface area contributed by atoms with Crippen LogP contribution in [0.25, 0.3) is 21.9 Å². The predicted octanol–water partition coefficient (Wildman–Crippen LogP) is 2.82. The van der Waals surface area contributed by atoms with Crippen molar-refractivity contribution in [1.82, 2.24) is 5.32 Å². The van der Waals surface area contributed by atoms with E-state index in [0.29, 0.717) is 39.0 Å². The standard InChI is InChI=1S/C19H11NO5/c21-12-3-1-2-9-6-11-17(19(23)20-18(11)22)16(15(9)12)10-4-5-13-14(7-10)25-8-24-13/h1-7,21H,8H2,(H,20,22,23). The van der Waals surface area contributed by atoms with Crippen molar-refractivity contribution in [3.05, 3.63) is 53.6 Å². The number of hydrogen-bond acceptors (Lipinski definition) is 5. The Morgan fingerprint density at radius 3 is 2.64 bits per heavy atom. The molecule has 5 rings (SSSR count). The minimum Gasteiger partial charge on any atom is -0.507 e. The van der Waals surface area contributed by atoms with Gasteiger partial charge in [0.1, 0.15) is 5.75 Å². The summed E-state index contributed by atoms with van der Waals surface area (Å²) in [5.74, 6) is 0.305. The van der Waals surface area contributed by atoms with Crippen LogP contribution in [0.4, 0.5) is 0 Å². The van der Waals surface area contributed by atoms with Crippen molar-refractivity contribution in [2.24, 2.45) is 0 Å². The van der Waals surface area contributed by atoms with Crippen LogP contribution in [0.2, 0.25) is 0 Å². The van der Waals surface area contributed by atoms with Gasteiger partial charge in [-0.2, -0.15) is 0 Å². The molecule has 0 fully saturated rings. The summed E-state index contributed by atoms with van der Waals surface area (Å²) < 4.78 is 10.7. The average Bonchev–Trinajstić information content (AvgIpc) is 3.18. The van der Waals surface area contributed by atoms with Crippen molar-refractivity contribution in [3.8, 4) is 28.4 Å². The first-order chi connectivity index (χ1) is 12.1. The third-order valence-corrected chi connectivity index (χ3v) is 4.50. The Hall–Kier alpha value is -3.54. The molecule has 25 heavy (non-hydrogen) atoms. The maximum Gasteiger partial charge on any atom is 0.259 e. The maximum absolute atomic E-state index is 12.4. The Labute approximate surface area is 141 Å². The third-order valence-electron chi connectivity index (χ3n) is 4.50. The van der Waals surface area contributed by atoms with Crippen LogP contribution in [0.3, 0.4) is 0 Å². The van der Waals surface area contributed by atoms with Crippen LogP contribution in [0.5, 0.6) is 17.2 Å². The molecule has 0 aromatic heterocycles. The lowest BCUT2D eigenvalue weighted by atomic mass is 9.90. The highest BCUT2D eigenvalue weighted by atomic mass is 16.7. The third kappa shape index (κ3) is 1.85. The number of aromatic hydroxyl groups is 1. The number of hydrogen-bond donors (Lipinski definition) is 2. The van der Waals surface area contributed by atoms with Crippen molar-refractivity contribution >= 4 is 22.6 Å². The van der Waals surface area contributed by atoms with Crippen LogP contribution in [-0.4, -0.2) is 23.7 Å². The second-order valence-electron chi connectivity index (χ2n) is 5.90. The van der Waals surface area contributed by atoms with E-state index >= 15 is 0 Å². The van der Waals surface area contributed by atoms with Crippen molar-refractivity contribution in [2.45, 2.75) is 0 Å². The molecule has 122 valence electrons. The number of imide groups is 1. The van der Waals surface area contributed by atoms with E-state index in [1.807, 2.05) is 0 Å². The molecule has 2 N–H and O–H groups in total. The first-order valence-electron chi connectivity index (χ1n) is 7.68. The molecule has 0 atom stereocenters. The van der Waals surface area contributed by atoms with Crippen molar-refractivity contribution in [1.29, 1.82) is 0 Å². The van der Waals surface area contributed by atoms with Crippen molar-refractivity contribution < 1.29 is 24.2 Å². The molecule has 0 radical (unpaired) electrons. The van der Waals surface area contributed by atoms with Crippen molar-refractivity contribution in [2.75, 3.05) is 6.79 Å². The summed E-state index contributed by atoms with van der Waals surface area (Å²) in [7, 11) is 0. The summed E-state index contributed by atoms with van der Waals surface area (Å²) >= 11 is 0. The largest absolute Gasteiger partial charge is 0.507 e. The molecule has 3 aromatic rings. The van der Waals surface area contributed by atoms with Crippen LogP contribution in [0, 0.1) is 0 Å². The summed E-state index contributed by atoms with van der Waals surface area (Å²) in [4.78, 5) is 24.5. The normalized spacial score (nSPS) is 14.7. The number of amides is 2. The molecular weight excluding hydrogens is 322 g/mol. The predicted molar refractivity (Wildman–Crippen MR) is 89.0 cm³/mol. The SMILES string of the molecule is O=C1NC(=O)c2c1cc1cccc(O)c1c2-c1ccc2c(c1)OCO2. The van der Waals surface area contributed by atoms with Gasteiger partial charge < -0.3 is 14.6 Å². The molecule has 2 amide bonds. The molecule has 0 saturated heterocycles. The van der Waals surface area contributed by atoms with Gasteiger partial charge in [-0.1, -0.05) is 18.2 Å². The smallest absolute Gasteiger partial charge is 0.259 e. The molecule has 0 bridgehead atoms. The molecule has 0 spiro atoms. The summed E-state index contributed by atoms with van der Waals surface area (Å²) in [5, 5.41) is 13.9. The highest BCUT2D eigenvalue weighted by molar-refractivity contribution is 6.27. The van der Waals surface area contributed by atoms with Crippen LogP contribution in [-0.2, 0) is 0 Å². The lowest BCUT2D eigenvalue weighted by Gasteiger charge is -2.13. The van der Waals surface area contributed by atoms with E-state index in [2.05, 4.69) is 5.32 Å². The lowest BCUT2D eigenvalue weighted by Crippen LogP contribution is -2.20. The number of nitrogens with one attached hydrogen (secondary N) is 1. The van der Waals surface area contributed by atoms with E-state index in [4.69, 9.17) is 9.47 Å². The number of ether oxygens (including phenoxy) is 2. The number of rotatable bonds is 1. The van der Waals surface area contributed by atoms with Gasteiger partial charge in [0.25, 0.3) is 11.8 Å². The van der Waals surface area contributed by atoms with Crippen molar-refractivity contribution in [3.63, 3.8) is 0 Å². The highest BCUT2D eigenvalue weighted by Crippen LogP contribution is 2.43. The van der Waals surface area contributed by atoms with Crippen LogP contribution in [0.1, 0.15) is 20.7 Å². The van der Waals surface area contributed by atoms with E-state index in [0.717, 1.165) is 0 Å². The Kier molecular flexibility index (Phi) is 2.62. The number of phenols is 1. The zero-order chi connectivity index (χ0) is 17.1. The number of benzene rings is 3. The second-order valence-corrected chi connectivity index (χ2v) is 5.90. The molecule has 2 aliphatic rings. The molecule has 2 heterocycles. The fourth-order valence-corrected chi connectivity index (χ4v) is 3.43. The fraction of sp³-hybridized carbons (Fsp3) is 0.0526. The quantitative estimate of drug-likeness (QED) is 0.669. The summed E-state index contributed by atoms with van der Waals surface area (Å²) in [5.41, 5.74) is 1.73. The van der Waals surface area contributed by atoms with Crippen LogP contribution >= 0.6 is 0 Å². The van der Waals surface area contributed by atoms with Gasteiger partial charge in [0.2, 0.25) is 6.79 Å². The fourth-order valence-electron chi connectivity index (χ4n) is 3.43. The van der Waals surface area contributed by atoms with Crippen LogP contribution in [0.15, 0.2) is 42.5 Å². The number of carbonyl (C=O) groups excluding carboxylic acids is 2. The first-order valence-corrected chi connectivity index (χ1v) is 7.68. The van der Waals surface area contributed by atoms with Gasteiger partial charge in [-0.15, -0.1) is 0 Å². The molecule has 0 aliphatic carbocycles. The van der Waals surface area contributed by atoms with E-state index in [1.54, 1.807) is 42.5 Å². The first kappa shape index (κ1) is 13.9. The zero-order valence-corrected chi connectivity index (χ0v) is 12.8. The van der Waals surface area contributed by atoms with Gasteiger partial charge in [-0.25, -0.2) is 0 Å². The van der Waals surface area contributed by atoms with Gasteiger partial charge in [0, 0.05) is 10.9 Å². The summed E-state index contributed by atoms with van der Waals surface area (Å²) in [6.45, 7) is 0.136. The minimum atomic E-state index is -0.474. The molecule has 3 aromatic carbocycles. The molecular formula is C19H11NO5. The Morgan fingerprint density at radius 2 is 1.76 bits per heavy atom. The number of fused-ring (bicyclic) bond motifs is 3. The summed E-state index contributed by atoms with van der Waals surface area (Å²) in [6, 6.07) is 12.0. The molecule has 2 aliphatic heterocycles. The highest BCUT2D eigenvalue weighted by Gasteiger charge is 2.32. The van der Waals surface area contributed by atoms with Gasteiger partial charge >= 0.3 is 0 Å². The molecule has 0 unspecified atom stereocenters. The molecule has 0 saturated carbocycles. The number of carbonyl (C=O) groups is 2. The Morgan fingerprint density at radius 1 is 0.920 bits per heavy atom. The van der Waals surface area contributed by atoms with E-state index in [9.17, 15) is 14.7 Å². The Balaban J connectivity index is 1.92. The summed E-state index contributed by atoms with van der Waals surface area (Å²) in [6.07, 6.45) is 0. The molecule has 6 heteroatoms. The lowest BCUT2D eigenvalue weighted by molar-refractivity contribution is 0.0880. The topological polar surface area (TPSA) is 84.9 Å². The zero-order valence-electron chi connectivity index (χ0n) is 12.8. The van der Waals surface area contributed by atoms with E-state index in [-0.39, 0.29) is 18.1 Å². The van der Waals surface area contributed by atoms with E-state index in [1.165, 1.54) is 0 Å². The van der Waals surface area contributed by atoms with E-state index < -0.39 is 11.8 Å². The average molecular weight is 333 g/mol.